The molecule has 0 radical (unpaired) electrons. The van der Waals surface area contributed by atoms with E-state index in [1.807, 2.05) is 0 Å². The Labute approximate surface area is 103 Å². The van der Waals surface area contributed by atoms with E-state index < -0.39 is 0 Å². The Kier molecular flexibility index (Phi) is 3.67. The molecule has 1 aromatic carbocycles. The molecule has 1 saturated heterocycles. The Hall–Kier alpha value is -1.09. The third-order valence-corrected chi connectivity index (χ3v) is 3.87. The Bertz CT molecular complexity index is 362. The Morgan fingerprint density at radius 1 is 1.29 bits per heavy atom. The van der Waals surface area contributed by atoms with Crippen molar-refractivity contribution < 1.29 is 4.39 Å². The van der Waals surface area contributed by atoms with Crippen molar-refractivity contribution in [2.45, 2.75) is 51.7 Å². The average Bonchev–Trinajstić information content (AvgIpc) is 2.27. The van der Waals surface area contributed by atoms with Crippen molar-refractivity contribution in [2.75, 3.05) is 5.73 Å². The summed E-state index contributed by atoms with van der Waals surface area (Å²) in [6, 6.07) is 5.95. The molecule has 94 valence electrons. The molecule has 17 heavy (non-hydrogen) atoms. The number of hydrogen-bond acceptors (Lipinski definition) is 2. The van der Waals surface area contributed by atoms with E-state index in [9.17, 15) is 4.39 Å². The molecule has 0 saturated carbocycles. The summed E-state index contributed by atoms with van der Waals surface area (Å²) in [5.74, 6) is -0.185. The van der Waals surface area contributed by atoms with Gasteiger partial charge in [-0.2, -0.15) is 0 Å². The SMILES string of the molecule is C[C@@H]1CCC[C@H](C)N1Cc1c(N)cccc1F. The Balaban J connectivity index is 2.19. The van der Waals surface area contributed by atoms with E-state index in [1.165, 1.54) is 25.3 Å². The smallest absolute Gasteiger partial charge is 0.129 e. The molecule has 1 aliphatic rings. The number of rotatable bonds is 2. The number of halogens is 1. The minimum absolute atomic E-state index is 0.185. The number of nitrogens with zero attached hydrogens (tertiary/aromatic N) is 1. The van der Waals surface area contributed by atoms with Gasteiger partial charge in [0.1, 0.15) is 5.82 Å². The lowest BCUT2D eigenvalue weighted by molar-refractivity contribution is 0.0942. The lowest BCUT2D eigenvalue weighted by Gasteiger charge is -2.39. The van der Waals surface area contributed by atoms with Gasteiger partial charge in [-0.3, -0.25) is 4.90 Å². The maximum atomic E-state index is 13.8. The number of piperidine rings is 1. The number of likely N-dealkylation sites (tertiary alicyclic amines) is 1. The zero-order valence-electron chi connectivity index (χ0n) is 10.6. The van der Waals surface area contributed by atoms with Crippen LogP contribution in [0.15, 0.2) is 18.2 Å². The van der Waals surface area contributed by atoms with Crippen molar-refractivity contribution in [1.29, 1.82) is 0 Å². The highest BCUT2D eigenvalue weighted by Crippen LogP contribution is 2.27. The van der Waals surface area contributed by atoms with Crippen LogP contribution in [0.2, 0.25) is 0 Å². The van der Waals surface area contributed by atoms with Crippen LogP contribution in [-0.4, -0.2) is 17.0 Å². The van der Waals surface area contributed by atoms with Gasteiger partial charge in [0.05, 0.1) is 0 Å². The summed E-state index contributed by atoms with van der Waals surface area (Å²) in [5, 5.41) is 0. The van der Waals surface area contributed by atoms with E-state index in [4.69, 9.17) is 5.73 Å². The van der Waals surface area contributed by atoms with E-state index in [1.54, 1.807) is 12.1 Å². The number of anilines is 1. The average molecular weight is 236 g/mol. The van der Waals surface area contributed by atoms with Gasteiger partial charge in [0.15, 0.2) is 0 Å². The van der Waals surface area contributed by atoms with Gasteiger partial charge >= 0.3 is 0 Å². The molecule has 0 aliphatic carbocycles. The predicted molar refractivity (Wildman–Crippen MR) is 69.1 cm³/mol. The van der Waals surface area contributed by atoms with Crippen LogP contribution >= 0.6 is 0 Å². The lowest BCUT2D eigenvalue weighted by Crippen LogP contribution is -2.43. The molecule has 0 spiro atoms. The molecule has 0 bridgehead atoms. The van der Waals surface area contributed by atoms with Crippen molar-refractivity contribution in [3.8, 4) is 0 Å². The highest BCUT2D eigenvalue weighted by atomic mass is 19.1. The van der Waals surface area contributed by atoms with Crippen molar-refractivity contribution in [3.05, 3.63) is 29.6 Å². The molecular formula is C14H21FN2. The van der Waals surface area contributed by atoms with Gasteiger partial charge < -0.3 is 5.73 Å². The first-order valence-corrected chi connectivity index (χ1v) is 6.38. The molecule has 0 aromatic heterocycles. The van der Waals surface area contributed by atoms with Crippen LogP contribution in [0.3, 0.4) is 0 Å². The normalized spacial score (nSPS) is 26.1. The standard InChI is InChI=1S/C14H21FN2/c1-10-5-3-6-11(2)17(10)9-12-13(15)7-4-8-14(12)16/h4,7-8,10-11H,3,5-6,9,16H2,1-2H3/t10-,11+. The van der Waals surface area contributed by atoms with Gasteiger partial charge in [-0.25, -0.2) is 4.39 Å². The predicted octanol–water partition coefficient (Wildman–Crippen LogP) is 3.17. The number of nitrogens with two attached hydrogens (primary N) is 1. The van der Waals surface area contributed by atoms with E-state index in [0.717, 1.165) is 0 Å². The number of nitrogen functional groups attached to an aromatic ring is 1. The fraction of sp³-hybridized carbons (Fsp3) is 0.571. The molecule has 3 heteroatoms. The summed E-state index contributed by atoms with van der Waals surface area (Å²) in [6.45, 7) is 5.06. The second-order valence-corrected chi connectivity index (χ2v) is 5.11. The van der Waals surface area contributed by atoms with E-state index >= 15 is 0 Å². The second kappa shape index (κ2) is 5.05. The lowest BCUT2D eigenvalue weighted by atomic mass is 9.96. The van der Waals surface area contributed by atoms with Crippen LogP contribution in [0.1, 0.15) is 38.7 Å². The van der Waals surface area contributed by atoms with E-state index in [-0.39, 0.29) is 5.82 Å². The first-order valence-electron chi connectivity index (χ1n) is 6.38. The summed E-state index contributed by atoms with van der Waals surface area (Å²) in [5.41, 5.74) is 7.07. The first-order chi connectivity index (χ1) is 8.09. The third-order valence-electron chi connectivity index (χ3n) is 3.87. The van der Waals surface area contributed by atoms with Crippen molar-refractivity contribution in [2.24, 2.45) is 0 Å². The van der Waals surface area contributed by atoms with Crippen LogP contribution < -0.4 is 5.73 Å². The number of hydrogen-bond donors (Lipinski definition) is 1. The highest BCUT2D eigenvalue weighted by molar-refractivity contribution is 5.47. The summed E-state index contributed by atoms with van der Waals surface area (Å²) in [4.78, 5) is 2.36. The molecule has 1 heterocycles. The van der Waals surface area contributed by atoms with E-state index in [0.29, 0.717) is 29.9 Å². The third kappa shape index (κ3) is 2.60. The maximum absolute atomic E-state index is 13.8. The minimum Gasteiger partial charge on any atom is -0.398 e. The molecule has 2 rings (SSSR count). The summed E-state index contributed by atoms with van der Waals surface area (Å²) in [6.07, 6.45) is 3.66. The quantitative estimate of drug-likeness (QED) is 0.799. The zero-order valence-corrected chi connectivity index (χ0v) is 10.6. The minimum atomic E-state index is -0.185. The highest BCUT2D eigenvalue weighted by Gasteiger charge is 2.25. The zero-order chi connectivity index (χ0) is 12.4. The largest absolute Gasteiger partial charge is 0.398 e. The summed E-state index contributed by atoms with van der Waals surface area (Å²) >= 11 is 0. The van der Waals surface area contributed by atoms with Gasteiger partial charge in [0.25, 0.3) is 0 Å². The maximum Gasteiger partial charge on any atom is 0.129 e. The monoisotopic (exact) mass is 236 g/mol. The van der Waals surface area contributed by atoms with E-state index in [2.05, 4.69) is 18.7 Å². The van der Waals surface area contributed by atoms with Gasteiger partial charge in [-0.05, 0) is 38.8 Å². The fourth-order valence-electron chi connectivity index (χ4n) is 2.71. The molecule has 2 atom stereocenters. The molecular weight excluding hydrogens is 215 g/mol. The second-order valence-electron chi connectivity index (χ2n) is 5.11. The van der Waals surface area contributed by atoms with Gasteiger partial charge in [0, 0.05) is 29.9 Å². The fourth-order valence-corrected chi connectivity index (χ4v) is 2.71. The van der Waals surface area contributed by atoms with Crippen molar-refractivity contribution in [3.63, 3.8) is 0 Å². The van der Waals surface area contributed by atoms with Gasteiger partial charge in [-0.15, -0.1) is 0 Å². The topological polar surface area (TPSA) is 29.3 Å². The molecule has 2 nitrogen and oxygen atoms in total. The van der Waals surface area contributed by atoms with Crippen LogP contribution in [-0.2, 0) is 6.54 Å². The molecule has 2 N–H and O–H groups in total. The molecule has 1 aromatic rings. The van der Waals surface area contributed by atoms with Gasteiger partial charge in [0.2, 0.25) is 0 Å². The van der Waals surface area contributed by atoms with Crippen molar-refractivity contribution >= 4 is 5.69 Å². The van der Waals surface area contributed by atoms with Crippen LogP contribution in [0.4, 0.5) is 10.1 Å². The Morgan fingerprint density at radius 3 is 2.53 bits per heavy atom. The van der Waals surface area contributed by atoms with Crippen molar-refractivity contribution in [1.82, 2.24) is 4.90 Å². The van der Waals surface area contributed by atoms with Crippen LogP contribution in [0.5, 0.6) is 0 Å². The molecule has 1 aliphatic heterocycles. The first kappa shape index (κ1) is 12.4. The molecule has 1 fully saturated rings. The number of benzene rings is 1. The summed E-state index contributed by atoms with van der Waals surface area (Å²) in [7, 11) is 0. The van der Waals surface area contributed by atoms with Crippen LogP contribution in [0, 0.1) is 5.82 Å². The van der Waals surface area contributed by atoms with Crippen LogP contribution in [0.25, 0.3) is 0 Å². The molecule has 0 amide bonds. The molecule has 0 unspecified atom stereocenters. The van der Waals surface area contributed by atoms with Gasteiger partial charge in [-0.1, -0.05) is 12.5 Å². The summed E-state index contributed by atoms with van der Waals surface area (Å²) < 4.78 is 13.8. The Morgan fingerprint density at radius 2 is 1.94 bits per heavy atom.